The summed E-state index contributed by atoms with van der Waals surface area (Å²) in [7, 11) is 0. The molecule has 0 saturated heterocycles. The van der Waals surface area contributed by atoms with Crippen molar-refractivity contribution in [2.45, 2.75) is 0 Å². The predicted molar refractivity (Wildman–Crippen MR) is 97.4 cm³/mol. The van der Waals surface area contributed by atoms with Crippen LogP contribution in [0.2, 0.25) is 0 Å². The highest BCUT2D eigenvalue weighted by Crippen LogP contribution is 2.16. The summed E-state index contributed by atoms with van der Waals surface area (Å²) in [5.41, 5.74) is 1.80. The lowest BCUT2D eigenvalue weighted by atomic mass is 10.0. The van der Waals surface area contributed by atoms with Crippen LogP contribution < -0.4 is 4.74 Å². The van der Waals surface area contributed by atoms with Crippen molar-refractivity contribution in [2.75, 3.05) is 0 Å². The highest BCUT2D eigenvalue weighted by molar-refractivity contribution is 6.09. The Kier molecular flexibility index (Phi) is 5.34. The van der Waals surface area contributed by atoms with Gasteiger partial charge in [0.25, 0.3) is 0 Å². The number of halogens is 1. The molecule has 26 heavy (non-hydrogen) atoms. The van der Waals surface area contributed by atoms with Crippen molar-refractivity contribution in [1.29, 1.82) is 0 Å². The predicted octanol–water partition coefficient (Wildman–Crippen LogP) is 4.68. The normalized spacial score (nSPS) is 10.7. The molecule has 0 N–H and O–H groups in total. The van der Waals surface area contributed by atoms with E-state index in [0.29, 0.717) is 22.4 Å². The van der Waals surface area contributed by atoms with Crippen molar-refractivity contribution in [3.05, 3.63) is 107 Å². The second kappa shape index (κ2) is 8.03. The van der Waals surface area contributed by atoms with Gasteiger partial charge in [-0.15, -0.1) is 0 Å². The summed E-state index contributed by atoms with van der Waals surface area (Å²) in [6.07, 6.45) is 2.80. The fourth-order valence-corrected chi connectivity index (χ4v) is 2.32. The molecule has 0 unspecified atom stereocenters. The molecule has 3 aromatic carbocycles. The second-order valence-electron chi connectivity index (χ2n) is 5.53. The van der Waals surface area contributed by atoms with Crippen molar-refractivity contribution < 1.29 is 18.7 Å². The molecular weight excluding hydrogens is 331 g/mol. The van der Waals surface area contributed by atoms with Crippen LogP contribution in [0.4, 0.5) is 4.39 Å². The quantitative estimate of drug-likeness (QED) is 0.292. The van der Waals surface area contributed by atoms with Gasteiger partial charge in [0.1, 0.15) is 11.6 Å². The Hall–Kier alpha value is -3.53. The van der Waals surface area contributed by atoms with E-state index in [-0.39, 0.29) is 11.6 Å². The minimum Gasteiger partial charge on any atom is -0.423 e. The van der Waals surface area contributed by atoms with Crippen molar-refractivity contribution in [2.24, 2.45) is 0 Å². The molecule has 3 rings (SSSR count). The number of esters is 1. The average Bonchev–Trinajstić information content (AvgIpc) is 2.68. The van der Waals surface area contributed by atoms with Gasteiger partial charge in [-0.25, -0.2) is 9.18 Å². The van der Waals surface area contributed by atoms with E-state index in [1.54, 1.807) is 60.7 Å². The zero-order valence-electron chi connectivity index (χ0n) is 13.8. The number of rotatable bonds is 5. The smallest absolute Gasteiger partial charge is 0.336 e. The van der Waals surface area contributed by atoms with Crippen LogP contribution in [0.5, 0.6) is 5.75 Å². The van der Waals surface area contributed by atoms with Crippen LogP contribution in [0.1, 0.15) is 21.5 Å². The first-order valence-electron chi connectivity index (χ1n) is 7.97. The van der Waals surface area contributed by atoms with Crippen molar-refractivity contribution in [3.8, 4) is 5.75 Å². The van der Waals surface area contributed by atoms with Gasteiger partial charge < -0.3 is 4.74 Å². The van der Waals surface area contributed by atoms with Crippen LogP contribution in [0.3, 0.4) is 0 Å². The van der Waals surface area contributed by atoms with Gasteiger partial charge in [0.15, 0.2) is 5.78 Å². The van der Waals surface area contributed by atoms with E-state index in [9.17, 15) is 14.0 Å². The van der Waals surface area contributed by atoms with E-state index in [1.165, 1.54) is 24.3 Å². The SMILES string of the molecule is O=C(C=Cc1ccc(F)cc1)Oc1ccc(C(=O)c2ccccc2)cc1. The Labute approximate surface area is 150 Å². The Morgan fingerprint density at radius 2 is 1.38 bits per heavy atom. The standard InChI is InChI=1S/C22H15FO3/c23-19-11-6-16(7-12-19)8-15-21(24)26-20-13-9-18(10-14-20)22(25)17-4-2-1-3-5-17/h1-15H. The van der Waals surface area contributed by atoms with E-state index in [1.807, 2.05) is 6.07 Å². The molecular formula is C22H15FO3. The maximum atomic E-state index is 12.8. The fraction of sp³-hybridized carbons (Fsp3) is 0. The zero-order chi connectivity index (χ0) is 18.4. The van der Waals surface area contributed by atoms with Crippen molar-refractivity contribution in [3.63, 3.8) is 0 Å². The zero-order valence-corrected chi connectivity index (χ0v) is 13.8. The summed E-state index contributed by atoms with van der Waals surface area (Å²) < 4.78 is 18.0. The van der Waals surface area contributed by atoms with Crippen molar-refractivity contribution in [1.82, 2.24) is 0 Å². The van der Waals surface area contributed by atoms with E-state index in [0.717, 1.165) is 0 Å². The Bertz CT molecular complexity index is 927. The minimum absolute atomic E-state index is 0.0975. The fourth-order valence-electron chi connectivity index (χ4n) is 2.32. The summed E-state index contributed by atoms with van der Waals surface area (Å²) in [4.78, 5) is 24.2. The van der Waals surface area contributed by atoms with E-state index in [4.69, 9.17) is 4.74 Å². The largest absolute Gasteiger partial charge is 0.423 e. The summed E-state index contributed by atoms with van der Waals surface area (Å²) in [5.74, 6) is -0.658. The number of ketones is 1. The highest BCUT2D eigenvalue weighted by Gasteiger charge is 2.09. The van der Waals surface area contributed by atoms with Crippen LogP contribution >= 0.6 is 0 Å². The van der Waals surface area contributed by atoms with Gasteiger partial charge >= 0.3 is 5.97 Å². The molecule has 0 atom stereocenters. The lowest BCUT2D eigenvalue weighted by molar-refractivity contribution is -0.128. The molecule has 0 aromatic heterocycles. The first-order chi connectivity index (χ1) is 12.6. The third kappa shape index (κ3) is 4.51. The molecule has 0 heterocycles. The Morgan fingerprint density at radius 3 is 2.04 bits per heavy atom. The molecule has 0 bridgehead atoms. The maximum absolute atomic E-state index is 12.8. The maximum Gasteiger partial charge on any atom is 0.336 e. The monoisotopic (exact) mass is 346 g/mol. The van der Waals surface area contributed by atoms with Gasteiger partial charge in [0, 0.05) is 17.2 Å². The Balaban J connectivity index is 1.62. The highest BCUT2D eigenvalue weighted by atomic mass is 19.1. The van der Waals surface area contributed by atoms with E-state index >= 15 is 0 Å². The third-order valence-electron chi connectivity index (χ3n) is 3.65. The summed E-state index contributed by atoms with van der Waals surface area (Å²) >= 11 is 0. The van der Waals surface area contributed by atoms with Crippen LogP contribution in [-0.4, -0.2) is 11.8 Å². The number of hydrogen-bond acceptors (Lipinski definition) is 3. The number of ether oxygens (including phenoxy) is 1. The second-order valence-corrected chi connectivity index (χ2v) is 5.53. The first kappa shape index (κ1) is 17.3. The third-order valence-corrected chi connectivity index (χ3v) is 3.65. The van der Waals surface area contributed by atoms with Crippen LogP contribution in [0.25, 0.3) is 6.08 Å². The van der Waals surface area contributed by atoms with Gasteiger partial charge in [-0.3, -0.25) is 4.79 Å². The van der Waals surface area contributed by atoms with Gasteiger partial charge in [0.05, 0.1) is 0 Å². The molecule has 0 fully saturated rings. The number of benzene rings is 3. The van der Waals surface area contributed by atoms with E-state index < -0.39 is 5.97 Å². The molecule has 0 radical (unpaired) electrons. The van der Waals surface area contributed by atoms with Crippen LogP contribution in [-0.2, 0) is 4.79 Å². The Morgan fingerprint density at radius 1 is 0.769 bits per heavy atom. The number of carbonyl (C=O) groups is 2. The number of hydrogen-bond donors (Lipinski definition) is 0. The lowest BCUT2D eigenvalue weighted by Gasteiger charge is -2.04. The van der Waals surface area contributed by atoms with Gasteiger partial charge in [-0.05, 0) is 48.0 Å². The molecule has 0 aliphatic rings. The molecule has 0 amide bonds. The summed E-state index contributed by atoms with van der Waals surface area (Å²) in [6, 6.07) is 21.1. The van der Waals surface area contributed by atoms with Gasteiger partial charge in [-0.2, -0.15) is 0 Å². The first-order valence-corrected chi connectivity index (χ1v) is 7.97. The molecule has 4 heteroatoms. The summed E-state index contributed by atoms with van der Waals surface area (Å²) in [5, 5.41) is 0. The molecule has 0 spiro atoms. The molecule has 3 nitrogen and oxygen atoms in total. The molecule has 128 valence electrons. The van der Waals surface area contributed by atoms with Crippen LogP contribution in [0.15, 0.2) is 84.9 Å². The molecule has 0 aliphatic heterocycles. The van der Waals surface area contributed by atoms with E-state index in [2.05, 4.69) is 0 Å². The van der Waals surface area contributed by atoms with Gasteiger partial charge in [-0.1, -0.05) is 42.5 Å². The van der Waals surface area contributed by atoms with Gasteiger partial charge in [0.2, 0.25) is 0 Å². The topological polar surface area (TPSA) is 43.4 Å². The number of carbonyl (C=O) groups excluding carboxylic acids is 2. The summed E-state index contributed by atoms with van der Waals surface area (Å²) in [6.45, 7) is 0. The average molecular weight is 346 g/mol. The van der Waals surface area contributed by atoms with Crippen molar-refractivity contribution >= 4 is 17.8 Å². The van der Waals surface area contributed by atoms with Crippen LogP contribution in [0, 0.1) is 5.82 Å². The lowest BCUT2D eigenvalue weighted by Crippen LogP contribution is -2.05. The molecule has 0 aliphatic carbocycles. The minimum atomic E-state index is -0.559. The molecule has 3 aromatic rings. The molecule has 0 saturated carbocycles.